The van der Waals surface area contributed by atoms with E-state index >= 15 is 0 Å². The highest BCUT2D eigenvalue weighted by atomic mass is 32.2. The molecule has 6 heteroatoms. The summed E-state index contributed by atoms with van der Waals surface area (Å²) in [4.78, 5) is 32.4. The van der Waals surface area contributed by atoms with E-state index in [2.05, 4.69) is 15.3 Å². The Morgan fingerprint density at radius 3 is 2.37 bits per heavy atom. The molecular weight excluding hydrogens is 358 g/mol. The summed E-state index contributed by atoms with van der Waals surface area (Å²) in [5.74, 6) is -0.134. The lowest BCUT2D eigenvalue weighted by Crippen LogP contribution is -2.14. The number of nitrogens with one attached hydrogen (secondary N) is 1. The normalized spacial score (nSPS) is 11.6. The molecule has 1 N–H and O–H groups in total. The third kappa shape index (κ3) is 5.01. The van der Waals surface area contributed by atoms with Crippen LogP contribution in [-0.2, 0) is 4.79 Å². The quantitative estimate of drug-likeness (QED) is 0.390. The van der Waals surface area contributed by atoms with Crippen LogP contribution in [0.1, 0.15) is 24.2 Å². The van der Waals surface area contributed by atoms with E-state index in [9.17, 15) is 9.59 Å². The Bertz CT molecular complexity index is 943. The molecule has 1 atom stereocenters. The third-order valence-electron chi connectivity index (χ3n) is 3.87. The summed E-state index contributed by atoms with van der Waals surface area (Å²) in [5.41, 5.74) is 3.10. The molecule has 5 nitrogen and oxygen atoms in total. The summed E-state index contributed by atoms with van der Waals surface area (Å²) >= 11 is 1.40. The van der Waals surface area contributed by atoms with Crippen molar-refractivity contribution in [3.8, 4) is 11.3 Å². The van der Waals surface area contributed by atoms with Crippen LogP contribution in [0, 0.1) is 0 Å². The molecule has 0 bridgehead atoms. The zero-order valence-corrected chi connectivity index (χ0v) is 15.9. The number of rotatable bonds is 6. The number of aromatic nitrogens is 2. The SMILES string of the molecule is CC(=O)Nc1ccc(C(=O)[C@@H](C)Sc2cc(-c3ccccc3)ncn2)cc1. The minimum absolute atomic E-state index is 0.00856. The standard InChI is InChI=1S/C21H19N3O2S/c1-14(21(26)17-8-10-18(11-9-17)24-15(2)25)27-20-12-19(22-13-23-20)16-6-4-3-5-7-16/h3-14H,1-2H3,(H,24,25)/t14-/m1/s1. The lowest BCUT2D eigenvalue weighted by molar-refractivity contribution is -0.114. The number of thioether (sulfide) groups is 1. The van der Waals surface area contributed by atoms with Crippen molar-refractivity contribution in [3.63, 3.8) is 0 Å². The molecule has 0 aliphatic heterocycles. The summed E-state index contributed by atoms with van der Waals surface area (Å²) in [5, 5.41) is 3.14. The zero-order valence-electron chi connectivity index (χ0n) is 15.0. The van der Waals surface area contributed by atoms with Crippen LogP contribution in [0.4, 0.5) is 5.69 Å². The van der Waals surface area contributed by atoms with Gasteiger partial charge in [0.15, 0.2) is 5.78 Å². The van der Waals surface area contributed by atoms with Crippen molar-refractivity contribution < 1.29 is 9.59 Å². The number of benzene rings is 2. The van der Waals surface area contributed by atoms with Gasteiger partial charge in [-0.05, 0) is 37.3 Å². The van der Waals surface area contributed by atoms with Crippen LogP contribution in [0.5, 0.6) is 0 Å². The van der Waals surface area contributed by atoms with Crippen LogP contribution >= 0.6 is 11.8 Å². The fourth-order valence-corrected chi connectivity index (χ4v) is 3.45. The number of ketones is 1. The van der Waals surface area contributed by atoms with Crippen molar-refractivity contribution in [2.45, 2.75) is 24.1 Å². The van der Waals surface area contributed by atoms with Crippen molar-refractivity contribution >= 4 is 29.1 Å². The molecule has 1 aromatic heterocycles. The van der Waals surface area contributed by atoms with Gasteiger partial charge in [0.05, 0.1) is 10.9 Å². The van der Waals surface area contributed by atoms with Crippen LogP contribution in [0.2, 0.25) is 0 Å². The molecule has 3 aromatic rings. The minimum atomic E-state index is -0.296. The molecule has 27 heavy (non-hydrogen) atoms. The van der Waals surface area contributed by atoms with E-state index in [-0.39, 0.29) is 16.9 Å². The van der Waals surface area contributed by atoms with Crippen LogP contribution in [0.15, 0.2) is 72.0 Å². The van der Waals surface area contributed by atoms with Gasteiger partial charge < -0.3 is 5.32 Å². The topological polar surface area (TPSA) is 72.0 Å². The average Bonchev–Trinajstić information content (AvgIpc) is 2.68. The highest BCUT2D eigenvalue weighted by molar-refractivity contribution is 8.00. The van der Waals surface area contributed by atoms with E-state index in [1.165, 1.54) is 25.0 Å². The maximum absolute atomic E-state index is 12.7. The van der Waals surface area contributed by atoms with Crippen LogP contribution in [-0.4, -0.2) is 26.9 Å². The molecule has 0 aliphatic carbocycles. The Morgan fingerprint density at radius 1 is 1.00 bits per heavy atom. The molecule has 3 rings (SSSR count). The summed E-state index contributed by atoms with van der Waals surface area (Å²) < 4.78 is 0. The van der Waals surface area contributed by atoms with Gasteiger partial charge >= 0.3 is 0 Å². The maximum Gasteiger partial charge on any atom is 0.221 e. The first-order chi connectivity index (χ1) is 13.0. The largest absolute Gasteiger partial charge is 0.326 e. The number of Topliss-reactive ketones (excluding diaryl/α,β-unsaturated/α-hetero) is 1. The molecule has 136 valence electrons. The smallest absolute Gasteiger partial charge is 0.221 e. The number of carbonyl (C=O) groups is 2. The Hall–Kier alpha value is -2.99. The highest BCUT2D eigenvalue weighted by Gasteiger charge is 2.17. The molecule has 1 heterocycles. The van der Waals surface area contributed by atoms with E-state index < -0.39 is 0 Å². The molecule has 0 aliphatic rings. The van der Waals surface area contributed by atoms with Gasteiger partial charge in [0, 0.05) is 23.7 Å². The van der Waals surface area contributed by atoms with Crippen molar-refractivity contribution in [2.75, 3.05) is 5.32 Å². The van der Waals surface area contributed by atoms with Gasteiger partial charge in [-0.2, -0.15) is 0 Å². The van der Waals surface area contributed by atoms with Crippen LogP contribution in [0.3, 0.4) is 0 Å². The molecule has 0 fully saturated rings. The first kappa shape index (κ1) is 18.8. The van der Waals surface area contributed by atoms with Gasteiger partial charge in [-0.1, -0.05) is 42.1 Å². The second-order valence-electron chi connectivity index (χ2n) is 5.99. The minimum Gasteiger partial charge on any atom is -0.326 e. The predicted molar refractivity (Wildman–Crippen MR) is 108 cm³/mol. The lowest BCUT2D eigenvalue weighted by atomic mass is 10.1. The number of carbonyl (C=O) groups excluding carboxylic acids is 2. The van der Waals surface area contributed by atoms with Crippen molar-refractivity contribution in [3.05, 3.63) is 72.6 Å². The van der Waals surface area contributed by atoms with Gasteiger partial charge in [0.25, 0.3) is 0 Å². The molecule has 0 spiro atoms. The molecule has 0 saturated carbocycles. The number of amides is 1. The molecule has 0 radical (unpaired) electrons. The summed E-state index contributed by atoms with van der Waals surface area (Å²) in [6.45, 7) is 3.31. The Morgan fingerprint density at radius 2 is 1.70 bits per heavy atom. The Labute approximate surface area is 162 Å². The van der Waals surface area contributed by atoms with Gasteiger partial charge in [0.1, 0.15) is 11.4 Å². The number of nitrogens with zero attached hydrogens (tertiary/aromatic N) is 2. The fourth-order valence-electron chi connectivity index (χ4n) is 2.56. The summed E-state index contributed by atoms with van der Waals surface area (Å²) in [6, 6.07) is 18.6. The zero-order chi connectivity index (χ0) is 19.2. The predicted octanol–water partition coefficient (Wildman–Crippen LogP) is 4.47. The van der Waals surface area contributed by atoms with Gasteiger partial charge in [-0.25, -0.2) is 9.97 Å². The van der Waals surface area contributed by atoms with Crippen molar-refractivity contribution in [2.24, 2.45) is 0 Å². The van der Waals surface area contributed by atoms with Crippen LogP contribution < -0.4 is 5.32 Å². The van der Waals surface area contributed by atoms with Gasteiger partial charge in [0.2, 0.25) is 5.91 Å². The second kappa shape index (κ2) is 8.60. The second-order valence-corrected chi connectivity index (χ2v) is 7.35. The monoisotopic (exact) mass is 377 g/mol. The number of hydrogen-bond acceptors (Lipinski definition) is 5. The van der Waals surface area contributed by atoms with Crippen molar-refractivity contribution in [1.82, 2.24) is 9.97 Å². The molecule has 1 amide bonds. The van der Waals surface area contributed by atoms with E-state index in [4.69, 9.17) is 0 Å². The molecular formula is C21H19N3O2S. The molecule has 2 aromatic carbocycles. The third-order valence-corrected chi connectivity index (χ3v) is 4.90. The van der Waals surface area contributed by atoms with Crippen LogP contribution in [0.25, 0.3) is 11.3 Å². The molecule has 0 unspecified atom stereocenters. The Kier molecular flexibility index (Phi) is 5.98. The first-order valence-corrected chi connectivity index (χ1v) is 9.37. The van der Waals surface area contributed by atoms with Gasteiger partial charge in [-0.15, -0.1) is 0 Å². The van der Waals surface area contributed by atoms with E-state index in [1.54, 1.807) is 24.3 Å². The summed E-state index contributed by atoms with van der Waals surface area (Å²) in [7, 11) is 0. The van der Waals surface area contributed by atoms with E-state index in [0.717, 1.165) is 16.3 Å². The highest BCUT2D eigenvalue weighted by Crippen LogP contribution is 2.27. The number of hydrogen-bond donors (Lipinski definition) is 1. The number of anilines is 1. The van der Waals surface area contributed by atoms with Gasteiger partial charge in [-0.3, -0.25) is 9.59 Å². The average molecular weight is 377 g/mol. The Balaban J connectivity index is 1.70. The fraction of sp³-hybridized carbons (Fsp3) is 0.143. The lowest BCUT2D eigenvalue weighted by Gasteiger charge is -2.11. The maximum atomic E-state index is 12.7. The summed E-state index contributed by atoms with van der Waals surface area (Å²) in [6.07, 6.45) is 1.52. The van der Waals surface area contributed by atoms with E-state index in [0.29, 0.717) is 11.3 Å². The van der Waals surface area contributed by atoms with E-state index in [1.807, 2.05) is 43.3 Å². The first-order valence-electron chi connectivity index (χ1n) is 8.49. The molecule has 0 saturated heterocycles. The van der Waals surface area contributed by atoms with Crippen molar-refractivity contribution in [1.29, 1.82) is 0 Å².